The largest absolute Gasteiger partial charge is 0.338 e. The third kappa shape index (κ3) is 3.20. The van der Waals surface area contributed by atoms with Crippen LogP contribution in [0.2, 0.25) is 0 Å². The first-order valence-corrected chi connectivity index (χ1v) is 9.80. The summed E-state index contributed by atoms with van der Waals surface area (Å²) in [5, 5.41) is 0.802. The quantitative estimate of drug-likeness (QED) is 0.788. The van der Waals surface area contributed by atoms with Gasteiger partial charge in [0.1, 0.15) is 5.03 Å². The summed E-state index contributed by atoms with van der Waals surface area (Å²) in [6, 6.07) is 5.76. The first-order chi connectivity index (χ1) is 12.3. The highest BCUT2D eigenvalue weighted by atomic mass is 32.2. The molecule has 3 aliphatic heterocycles. The highest BCUT2D eigenvalue weighted by Crippen LogP contribution is 2.31. The maximum absolute atomic E-state index is 13.2. The van der Waals surface area contributed by atoms with Crippen molar-refractivity contribution in [2.75, 3.05) is 30.8 Å². The van der Waals surface area contributed by atoms with Crippen molar-refractivity contribution in [1.82, 2.24) is 19.9 Å². The molecule has 25 heavy (non-hydrogen) atoms. The lowest BCUT2D eigenvalue weighted by Crippen LogP contribution is -2.47. The Hall–Kier alpha value is -2.15. The smallest absolute Gasteiger partial charge is 0.256 e. The fourth-order valence-electron chi connectivity index (χ4n) is 3.82. The maximum atomic E-state index is 13.2. The van der Waals surface area contributed by atoms with E-state index < -0.39 is 0 Å². The molecule has 130 valence electrons. The van der Waals surface area contributed by atoms with Crippen LogP contribution in [0.1, 0.15) is 23.2 Å². The van der Waals surface area contributed by atoms with Crippen LogP contribution in [-0.2, 0) is 0 Å². The van der Waals surface area contributed by atoms with Crippen molar-refractivity contribution in [2.45, 2.75) is 23.9 Å². The normalized spacial score (nSPS) is 22.8. The van der Waals surface area contributed by atoms with E-state index in [4.69, 9.17) is 0 Å². The van der Waals surface area contributed by atoms with Gasteiger partial charge in [-0.3, -0.25) is 4.79 Å². The Labute approximate surface area is 151 Å². The van der Waals surface area contributed by atoms with Crippen LogP contribution in [0.25, 0.3) is 0 Å². The van der Waals surface area contributed by atoms with Gasteiger partial charge < -0.3 is 9.80 Å². The van der Waals surface area contributed by atoms with Crippen molar-refractivity contribution < 1.29 is 4.79 Å². The van der Waals surface area contributed by atoms with Crippen LogP contribution < -0.4 is 4.90 Å². The zero-order chi connectivity index (χ0) is 17.2. The molecular weight excluding hydrogens is 334 g/mol. The molecule has 0 radical (unpaired) electrons. The van der Waals surface area contributed by atoms with Crippen LogP contribution in [0.3, 0.4) is 0 Å². The molecule has 2 bridgehead atoms. The first-order valence-electron chi connectivity index (χ1n) is 8.58. The number of amides is 1. The molecule has 0 spiro atoms. The van der Waals surface area contributed by atoms with E-state index in [-0.39, 0.29) is 11.9 Å². The molecule has 1 amide bonds. The molecule has 0 saturated carbocycles. The molecule has 6 nitrogen and oxygen atoms in total. The van der Waals surface area contributed by atoms with Gasteiger partial charge in [-0.2, -0.15) is 0 Å². The average Bonchev–Trinajstić information content (AvgIpc) is 3.00. The molecule has 3 aliphatic rings. The Kier molecular flexibility index (Phi) is 4.57. The van der Waals surface area contributed by atoms with Gasteiger partial charge in [0, 0.05) is 44.3 Å². The molecule has 5 rings (SSSR count). The lowest BCUT2D eigenvalue weighted by Gasteiger charge is -2.36. The van der Waals surface area contributed by atoms with Gasteiger partial charge in [-0.15, -0.1) is 11.8 Å². The van der Waals surface area contributed by atoms with Crippen molar-refractivity contribution in [3.63, 3.8) is 0 Å². The zero-order valence-corrected chi connectivity index (χ0v) is 15.0. The lowest BCUT2D eigenvalue weighted by molar-refractivity contribution is 0.0587. The van der Waals surface area contributed by atoms with Crippen LogP contribution in [0.4, 0.5) is 5.95 Å². The minimum Gasteiger partial charge on any atom is -0.338 e. The van der Waals surface area contributed by atoms with E-state index in [1.165, 1.54) is 11.8 Å². The summed E-state index contributed by atoms with van der Waals surface area (Å²) in [6.45, 7) is 2.50. The van der Waals surface area contributed by atoms with Crippen LogP contribution in [-0.4, -0.2) is 57.7 Å². The number of rotatable bonds is 3. The second-order valence-electron chi connectivity index (χ2n) is 6.57. The fraction of sp³-hybridized carbons (Fsp3) is 0.444. The van der Waals surface area contributed by atoms with Gasteiger partial charge in [-0.1, -0.05) is 0 Å². The van der Waals surface area contributed by atoms with E-state index in [0.29, 0.717) is 11.5 Å². The summed E-state index contributed by atoms with van der Waals surface area (Å²) in [5.41, 5.74) is 0.713. The molecule has 2 atom stereocenters. The van der Waals surface area contributed by atoms with E-state index in [0.717, 1.165) is 43.5 Å². The fourth-order valence-corrected chi connectivity index (χ4v) is 4.36. The third-order valence-electron chi connectivity index (χ3n) is 5.00. The van der Waals surface area contributed by atoms with E-state index in [2.05, 4.69) is 19.9 Å². The molecule has 3 saturated heterocycles. The standard InChI is InChI=1S/C18H21N5OS/c1-25-16-15(4-2-7-19-16)17(24)23-11-13-5-6-14(23)12-22(10-13)18-20-8-3-9-21-18/h2-4,7-9,13-14H,5-6,10-12H2,1H3/t13-,14+/m0/s1. The van der Waals surface area contributed by atoms with Gasteiger partial charge in [0.15, 0.2) is 0 Å². The summed E-state index contributed by atoms with van der Waals surface area (Å²) in [7, 11) is 0. The molecule has 7 heteroatoms. The highest BCUT2D eigenvalue weighted by Gasteiger charge is 2.38. The summed E-state index contributed by atoms with van der Waals surface area (Å²) in [6.07, 6.45) is 9.44. The Morgan fingerprint density at radius 3 is 2.68 bits per heavy atom. The van der Waals surface area contributed by atoms with Crippen molar-refractivity contribution in [1.29, 1.82) is 0 Å². The van der Waals surface area contributed by atoms with Crippen LogP contribution in [0.15, 0.2) is 41.8 Å². The second kappa shape index (κ2) is 7.00. The van der Waals surface area contributed by atoms with Crippen molar-refractivity contribution in [2.24, 2.45) is 5.92 Å². The molecular formula is C18H21N5OS. The highest BCUT2D eigenvalue weighted by molar-refractivity contribution is 7.98. The van der Waals surface area contributed by atoms with Crippen LogP contribution >= 0.6 is 11.8 Å². The van der Waals surface area contributed by atoms with Crippen molar-refractivity contribution in [3.05, 3.63) is 42.4 Å². The maximum Gasteiger partial charge on any atom is 0.256 e. The van der Waals surface area contributed by atoms with E-state index >= 15 is 0 Å². The monoisotopic (exact) mass is 355 g/mol. The van der Waals surface area contributed by atoms with Crippen LogP contribution in [0, 0.1) is 5.92 Å². The van der Waals surface area contributed by atoms with E-state index in [9.17, 15) is 4.79 Å². The van der Waals surface area contributed by atoms with E-state index in [1.54, 1.807) is 18.6 Å². The number of pyridine rings is 1. The van der Waals surface area contributed by atoms with Crippen molar-refractivity contribution >= 4 is 23.6 Å². The number of carbonyl (C=O) groups is 1. The topological polar surface area (TPSA) is 62.2 Å². The number of hydrogen-bond acceptors (Lipinski definition) is 6. The molecule has 0 N–H and O–H groups in total. The summed E-state index contributed by atoms with van der Waals surface area (Å²) < 4.78 is 0. The molecule has 5 heterocycles. The number of nitrogens with zero attached hydrogens (tertiary/aromatic N) is 5. The van der Waals surface area contributed by atoms with Crippen molar-refractivity contribution in [3.8, 4) is 0 Å². The molecule has 2 aromatic rings. The minimum absolute atomic E-state index is 0.1000. The zero-order valence-electron chi connectivity index (χ0n) is 14.2. The lowest BCUT2D eigenvalue weighted by atomic mass is 9.94. The summed E-state index contributed by atoms with van der Waals surface area (Å²) in [5.74, 6) is 1.32. The Morgan fingerprint density at radius 2 is 1.88 bits per heavy atom. The number of aromatic nitrogens is 3. The van der Waals surface area contributed by atoms with Gasteiger partial charge >= 0.3 is 0 Å². The molecule has 3 fully saturated rings. The minimum atomic E-state index is 0.1000. The summed E-state index contributed by atoms with van der Waals surface area (Å²) >= 11 is 1.52. The first kappa shape index (κ1) is 16.3. The summed E-state index contributed by atoms with van der Waals surface area (Å²) in [4.78, 5) is 30.6. The number of anilines is 1. The molecule has 0 aliphatic carbocycles. The Bertz CT molecular complexity index is 756. The third-order valence-corrected chi connectivity index (χ3v) is 5.72. The van der Waals surface area contributed by atoms with Gasteiger partial charge in [0.05, 0.1) is 5.56 Å². The predicted octanol–water partition coefficient (Wildman–Crippen LogP) is 2.33. The SMILES string of the molecule is CSc1ncccc1C(=O)N1C[C@H]2CC[C@@H]1CN(c1ncccn1)C2. The van der Waals surface area contributed by atoms with Gasteiger partial charge in [-0.05, 0) is 43.2 Å². The Balaban J connectivity index is 1.59. The molecule has 0 unspecified atom stereocenters. The number of carbonyl (C=O) groups excluding carboxylic acids is 1. The number of hydrogen-bond donors (Lipinski definition) is 0. The van der Waals surface area contributed by atoms with Gasteiger partial charge in [0.2, 0.25) is 5.95 Å². The Morgan fingerprint density at radius 1 is 1.08 bits per heavy atom. The van der Waals surface area contributed by atoms with Crippen LogP contribution in [0.5, 0.6) is 0 Å². The van der Waals surface area contributed by atoms with E-state index in [1.807, 2.05) is 29.4 Å². The number of thioether (sulfide) groups is 1. The second-order valence-corrected chi connectivity index (χ2v) is 7.36. The molecule has 0 aromatic carbocycles. The van der Waals surface area contributed by atoms with Gasteiger partial charge in [0.25, 0.3) is 5.91 Å². The number of fused-ring (bicyclic) bond motifs is 4. The van der Waals surface area contributed by atoms with Gasteiger partial charge in [-0.25, -0.2) is 15.0 Å². The average molecular weight is 355 g/mol. The predicted molar refractivity (Wildman–Crippen MR) is 97.8 cm³/mol. The number of piperidine rings is 1. The molecule has 2 aromatic heterocycles.